The average Bonchev–Trinajstić information content (AvgIpc) is 2.92. The van der Waals surface area contributed by atoms with Crippen LogP contribution < -0.4 is 14.4 Å². The summed E-state index contributed by atoms with van der Waals surface area (Å²) < 4.78 is 33.0. The van der Waals surface area contributed by atoms with Gasteiger partial charge in [0.2, 0.25) is 5.91 Å². The molecule has 0 saturated carbocycles. The van der Waals surface area contributed by atoms with E-state index in [1.807, 2.05) is 25.1 Å². The lowest BCUT2D eigenvalue weighted by Crippen LogP contribution is -2.44. The van der Waals surface area contributed by atoms with Gasteiger partial charge in [0.05, 0.1) is 22.9 Å². The van der Waals surface area contributed by atoms with Crippen LogP contribution in [0.5, 0.6) is 5.75 Å². The van der Waals surface area contributed by atoms with Crippen LogP contribution in [0.1, 0.15) is 13.8 Å². The number of ether oxygens (including phenoxy) is 1. The summed E-state index contributed by atoms with van der Waals surface area (Å²) in [4.78, 5) is 13.2. The zero-order chi connectivity index (χ0) is 19.9. The smallest absolute Gasteiger partial charge is 0.265 e. The van der Waals surface area contributed by atoms with Crippen molar-refractivity contribution in [3.63, 3.8) is 0 Å². The molecule has 0 aromatic heterocycles. The fraction of sp³-hybridized carbons (Fsp3) is 0.190. The molecular formula is C21H20N2O4S. The fourth-order valence-corrected chi connectivity index (χ4v) is 5.40. The van der Waals surface area contributed by atoms with Crippen LogP contribution in [0, 0.1) is 0 Å². The molecule has 4 rings (SSSR count). The molecule has 6 nitrogen and oxygen atoms in total. The number of benzene rings is 3. The lowest BCUT2D eigenvalue weighted by Gasteiger charge is -2.25. The molecule has 28 heavy (non-hydrogen) atoms. The molecule has 1 atom stereocenters. The number of rotatable bonds is 5. The first-order valence-electron chi connectivity index (χ1n) is 9.04. The largest absolute Gasteiger partial charge is 0.492 e. The topological polar surface area (TPSA) is 75.7 Å². The van der Waals surface area contributed by atoms with Gasteiger partial charge in [0.25, 0.3) is 10.0 Å². The summed E-state index contributed by atoms with van der Waals surface area (Å²) in [5.41, 5.74) is 1.03. The predicted molar refractivity (Wildman–Crippen MR) is 109 cm³/mol. The molecule has 144 valence electrons. The molecular weight excluding hydrogens is 376 g/mol. The highest BCUT2D eigenvalue weighted by molar-refractivity contribution is 7.93. The molecule has 1 heterocycles. The molecule has 0 radical (unpaired) electrons. The molecule has 1 aliphatic heterocycles. The number of carbonyl (C=O) groups is 1. The third kappa shape index (κ3) is 2.79. The monoisotopic (exact) mass is 396 g/mol. The van der Waals surface area contributed by atoms with Crippen molar-refractivity contribution in [2.45, 2.75) is 24.8 Å². The van der Waals surface area contributed by atoms with Gasteiger partial charge < -0.3 is 10.1 Å². The Morgan fingerprint density at radius 2 is 1.79 bits per heavy atom. The molecule has 0 spiro atoms. The first-order chi connectivity index (χ1) is 13.4. The van der Waals surface area contributed by atoms with Gasteiger partial charge in [0.1, 0.15) is 11.8 Å². The SMILES string of the molecule is CCOc1ccccc1NC(=O)[C@H](C)N1c2cccc3cccc(c23)S1(=O)=O. The van der Waals surface area contributed by atoms with Gasteiger partial charge in [-0.1, -0.05) is 36.4 Å². The Hall–Kier alpha value is -3.06. The Labute approximate surface area is 163 Å². The van der Waals surface area contributed by atoms with Crippen LogP contribution in [0.2, 0.25) is 0 Å². The Morgan fingerprint density at radius 1 is 1.07 bits per heavy atom. The number of para-hydroxylation sites is 2. The van der Waals surface area contributed by atoms with Crippen molar-refractivity contribution in [3.8, 4) is 5.75 Å². The van der Waals surface area contributed by atoms with Crippen molar-refractivity contribution in [3.05, 3.63) is 60.7 Å². The van der Waals surface area contributed by atoms with Crippen LogP contribution in [-0.4, -0.2) is 27.0 Å². The maximum Gasteiger partial charge on any atom is 0.265 e. The summed E-state index contributed by atoms with van der Waals surface area (Å²) >= 11 is 0. The first-order valence-corrected chi connectivity index (χ1v) is 10.5. The van der Waals surface area contributed by atoms with E-state index in [-0.39, 0.29) is 4.90 Å². The molecule has 0 unspecified atom stereocenters. The Bertz CT molecular complexity index is 1170. The first kappa shape index (κ1) is 18.3. The summed E-state index contributed by atoms with van der Waals surface area (Å²) in [7, 11) is -3.81. The van der Waals surface area contributed by atoms with Crippen molar-refractivity contribution < 1.29 is 17.9 Å². The standard InChI is InChI=1S/C21H20N2O4S/c1-3-27-18-12-5-4-10-16(18)22-21(24)14(2)23-17-11-6-8-15-9-7-13-19(20(15)17)28(23,25)26/h4-14H,3H2,1-2H3,(H,22,24)/t14-/m0/s1. The molecule has 0 aliphatic carbocycles. The Kier molecular flexibility index (Phi) is 4.47. The number of nitrogens with one attached hydrogen (secondary N) is 1. The van der Waals surface area contributed by atoms with Crippen molar-refractivity contribution in [1.29, 1.82) is 0 Å². The van der Waals surface area contributed by atoms with E-state index < -0.39 is 22.0 Å². The zero-order valence-corrected chi connectivity index (χ0v) is 16.4. The molecule has 3 aromatic carbocycles. The average molecular weight is 396 g/mol. The van der Waals surface area contributed by atoms with Crippen molar-refractivity contribution >= 4 is 38.1 Å². The Balaban J connectivity index is 1.70. The molecule has 0 bridgehead atoms. The zero-order valence-electron chi connectivity index (χ0n) is 15.5. The molecule has 1 N–H and O–H groups in total. The number of carbonyl (C=O) groups excluding carboxylic acids is 1. The molecule has 0 fully saturated rings. The lowest BCUT2D eigenvalue weighted by molar-refractivity contribution is -0.116. The predicted octanol–water partition coefficient (Wildman–Crippen LogP) is 3.77. The number of amides is 1. The third-order valence-corrected chi connectivity index (χ3v) is 6.72. The second kappa shape index (κ2) is 6.83. The van der Waals surface area contributed by atoms with Crippen LogP contribution in [0.3, 0.4) is 0 Å². The summed E-state index contributed by atoms with van der Waals surface area (Å²) in [6, 6.07) is 16.7. The number of hydrogen-bond donors (Lipinski definition) is 1. The highest BCUT2D eigenvalue weighted by Crippen LogP contribution is 2.43. The van der Waals surface area contributed by atoms with Crippen LogP contribution in [-0.2, 0) is 14.8 Å². The second-order valence-corrected chi connectivity index (χ2v) is 8.31. The quantitative estimate of drug-likeness (QED) is 0.712. The van der Waals surface area contributed by atoms with E-state index in [9.17, 15) is 13.2 Å². The van der Waals surface area contributed by atoms with Crippen molar-refractivity contribution in [1.82, 2.24) is 0 Å². The van der Waals surface area contributed by atoms with Crippen molar-refractivity contribution in [2.24, 2.45) is 0 Å². The van der Waals surface area contributed by atoms with Gasteiger partial charge in [0.15, 0.2) is 0 Å². The molecule has 1 aliphatic rings. The van der Waals surface area contributed by atoms with E-state index in [1.54, 1.807) is 49.4 Å². The second-order valence-electron chi connectivity index (χ2n) is 6.53. The summed E-state index contributed by atoms with van der Waals surface area (Å²) in [6.45, 7) is 3.90. The van der Waals surface area contributed by atoms with Gasteiger partial charge in [-0.15, -0.1) is 0 Å². The van der Waals surface area contributed by atoms with Gasteiger partial charge in [-0.3, -0.25) is 9.10 Å². The summed E-state index contributed by atoms with van der Waals surface area (Å²) in [5.74, 6) is 0.112. The van der Waals surface area contributed by atoms with Crippen LogP contribution in [0.25, 0.3) is 10.8 Å². The molecule has 7 heteroatoms. The maximum absolute atomic E-state index is 13.2. The molecule has 1 amide bonds. The van der Waals surface area contributed by atoms with E-state index in [0.717, 1.165) is 5.39 Å². The third-order valence-electron chi connectivity index (χ3n) is 4.79. The fourth-order valence-electron chi connectivity index (χ4n) is 3.53. The normalized spacial score (nSPS) is 15.4. The number of sulfonamides is 1. The van der Waals surface area contributed by atoms with E-state index in [1.165, 1.54) is 4.31 Å². The number of hydrogen-bond acceptors (Lipinski definition) is 4. The maximum atomic E-state index is 13.2. The Morgan fingerprint density at radius 3 is 2.54 bits per heavy atom. The van der Waals surface area contributed by atoms with Crippen LogP contribution in [0.4, 0.5) is 11.4 Å². The minimum absolute atomic E-state index is 0.231. The summed E-state index contributed by atoms with van der Waals surface area (Å²) in [6.07, 6.45) is 0. The van der Waals surface area contributed by atoms with E-state index >= 15 is 0 Å². The van der Waals surface area contributed by atoms with Crippen LogP contribution >= 0.6 is 0 Å². The summed E-state index contributed by atoms with van der Waals surface area (Å²) in [5, 5.41) is 4.28. The lowest BCUT2D eigenvalue weighted by atomic mass is 10.1. The molecule has 3 aromatic rings. The van der Waals surface area contributed by atoms with Gasteiger partial charge in [0, 0.05) is 5.39 Å². The minimum Gasteiger partial charge on any atom is -0.492 e. The van der Waals surface area contributed by atoms with Gasteiger partial charge >= 0.3 is 0 Å². The van der Waals surface area contributed by atoms with Crippen molar-refractivity contribution in [2.75, 3.05) is 16.2 Å². The van der Waals surface area contributed by atoms with E-state index in [2.05, 4.69) is 5.32 Å². The van der Waals surface area contributed by atoms with Gasteiger partial charge in [-0.2, -0.15) is 0 Å². The number of nitrogens with zero attached hydrogens (tertiary/aromatic N) is 1. The highest BCUT2D eigenvalue weighted by atomic mass is 32.2. The van der Waals surface area contributed by atoms with Gasteiger partial charge in [-0.25, -0.2) is 8.42 Å². The highest BCUT2D eigenvalue weighted by Gasteiger charge is 2.40. The number of anilines is 2. The van der Waals surface area contributed by atoms with Gasteiger partial charge in [-0.05, 0) is 43.5 Å². The van der Waals surface area contributed by atoms with E-state index in [4.69, 9.17) is 4.74 Å². The van der Waals surface area contributed by atoms with Crippen LogP contribution in [0.15, 0.2) is 65.6 Å². The van der Waals surface area contributed by atoms with E-state index in [0.29, 0.717) is 29.1 Å². The minimum atomic E-state index is -3.81. The molecule has 0 saturated heterocycles.